The maximum Gasteiger partial charge on any atom is 0.253 e. The molecule has 1 aromatic carbocycles. The van der Waals surface area contributed by atoms with Crippen molar-refractivity contribution in [3.8, 4) is 11.3 Å². The molecule has 1 saturated carbocycles. The Balaban J connectivity index is 1.80. The molecule has 1 aliphatic rings. The van der Waals surface area contributed by atoms with Gasteiger partial charge < -0.3 is 10.2 Å². The third-order valence-corrected chi connectivity index (χ3v) is 6.80. The third kappa shape index (κ3) is 4.24. The lowest BCUT2D eigenvalue weighted by Crippen LogP contribution is -2.60. The number of hydrogen-bond acceptors (Lipinski definition) is 4. The molecule has 7 nitrogen and oxygen atoms in total. The largest absolute Gasteiger partial charge is 0.341 e. The average Bonchev–Trinajstić information content (AvgIpc) is 3.13. The Labute approximate surface area is 195 Å². The number of carbonyl (C=O) groups excluding carboxylic acids is 2. The van der Waals surface area contributed by atoms with Crippen molar-refractivity contribution in [2.75, 3.05) is 13.1 Å². The molecule has 0 atom stereocenters. The standard InChI is InChI=1S/C26H33N5O2/c1-5-31(6-2)25(33)26(15-11-8-12-16-26)28-24(32)20-17-21(19-13-9-7-10-14-19)27-23-22(20)18(3)29-30(23)4/h7,9-10,13-14,17H,5-6,8,11-12,15-16H2,1-4H3,(H,28,32). The van der Waals surface area contributed by atoms with Gasteiger partial charge in [0, 0.05) is 25.7 Å². The van der Waals surface area contributed by atoms with Crippen LogP contribution in [-0.4, -0.2) is 50.1 Å². The van der Waals surface area contributed by atoms with Gasteiger partial charge in [-0.15, -0.1) is 0 Å². The van der Waals surface area contributed by atoms with Gasteiger partial charge in [0.25, 0.3) is 5.91 Å². The van der Waals surface area contributed by atoms with Crippen molar-refractivity contribution in [2.24, 2.45) is 7.05 Å². The van der Waals surface area contributed by atoms with E-state index >= 15 is 0 Å². The average molecular weight is 448 g/mol. The molecular weight excluding hydrogens is 414 g/mol. The molecule has 4 rings (SSSR count). The highest BCUT2D eigenvalue weighted by atomic mass is 16.2. The minimum atomic E-state index is -0.861. The zero-order chi connectivity index (χ0) is 23.6. The minimum absolute atomic E-state index is 0.0250. The predicted octanol–water partition coefficient (Wildman–Crippen LogP) is 4.24. The summed E-state index contributed by atoms with van der Waals surface area (Å²) in [7, 11) is 1.84. The highest BCUT2D eigenvalue weighted by Gasteiger charge is 2.43. The first-order chi connectivity index (χ1) is 15.9. The monoisotopic (exact) mass is 447 g/mol. The molecule has 2 aromatic heterocycles. The number of aryl methyl sites for hydroxylation is 2. The van der Waals surface area contributed by atoms with E-state index in [1.807, 2.05) is 69.1 Å². The zero-order valence-electron chi connectivity index (χ0n) is 20.0. The number of fused-ring (bicyclic) bond motifs is 1. The number of hydrogen-bond donors (Lipinski definition) is 1. The van der Waals surface area contributed by atoms with Gasteiger partial charge in [-0.1, -0.05) is 49.6 Å². The fourth-order valence-corrected chi connectivity index (χ4v) is 5.03. The number of amides is 2. The van der Waals surface area contributed by atoms with E-state index in [1.54, 1.807) is 4.68 Å². The Morgan fingerprint density at radius 1 is 1.09 bits per heavy atom. The van der Waals surface area contributed by atoms with E-state index in [1.165, 1.54) is 0 Å². The SMILES string of the molecule is CCN(CC)C(=O)C1(NC(=O)c2cc(-c3ccccc3)nc3c2c(C)nn3C)CCCCC1. The number of benzene rings is 1. The number of likely N-dealkylation sites (N-methyl/N-ethyl adjacent to an activating group) is 1. The molecule has 1 N–H and O–H groups in total. The molecule has 0 aliphatic heterocycles. The number of aromatic nitrogens is 3. The summed E-state index contributed by atoms with van der Waals surface area (Å²) in [6.45, 7) is 7.12. The number of rotatable bonds is 6. The van der Waals surface area contributed by atoms with Crippen molar-refractivity contribution in [1.29, 1.82) is 0 Å². The highest BCUT2D eigenvalue weighted by molar-refractivity contribution is 6.09. The van der Waals surface area contributed by atoms with Gasteiger partial charge in [0.1, 0.15) is 5.54 Å². The summed E-state index contributed by atoms with van der Waals surface area (Å²) in [5, 5.41) is 8.46. The quantitative estimate of drug-likeness (QED) is 0.613. The molecule has 1 fully saturated rings. The highest BCUT2D eigenvalue weighted by Crippen LogP contribution is 2.32. The molecule has 1 aliphatic carbocycles. The molecule has 0 saturated heterocycles. The van der Waals surface area contributed by atoms with Crippen LogP contribution in [0.5, 0.6) is 0 Å². The summed E-state index contributed by atoms with van der Waals surface area (Å²) in [5.74, 6) is -0.213. The summed E-state index contributed by atoms with van der Waals surface area (Å²) in [4.78, 5) is 34.0. The van der Waals surface area contributed by atoms with E-state index in [2.05, 4.69) is 10.4 Å². The van der Waals surface area contributed by atoms with Gasteiger partial charge in [-0.25, -0.2) is 4.98 Å². The molecule has 2 heterocycles. The Kier molecular flexibility index (Phi) is 6.49. The van der Waals surface area contributed by atoms with Crippen LogP contribution in [0.3, 0.4) is 0 Å². The van der Waals surface area contributed by atoms with Gasteiger partial charge in [-0.2, -0.15) is 5.10 Å². The van der Waals surface area contributed by atoms with Crippen LogP contribution in [0.25, 0.3) is 22.3 Å². The van der Waals surface area contributed by atoms with E-state index in [0.29, 0.717) is 42.8 Å². The molecule has 174 valence electrons. The van der Waals surface area contributed by atoms with Crippen molar-refractivity contribution >= 4 is 22.8 Å². The van der Waals surface area contributed by atoms with Crippen LogP contribution < -0.4 is 5.32 Å². The Bertz CT molecular complexity index is 1160. The second kappa shape index (κ2) is 9.33. The van der Waals surface area contributed by atoms with E-state index in [0.717, 1.165) is 35.9 Å². The zero-order valence-corrected chi connectivity index (χ0v) is 20.0. The molecular formula is C26H33N5O2. The van der Waals surface area contributed by atoms with Crippen molar-refractivity contribution in [3.63, 3.8) is 0 Å². The van der Waals surface area contributed by atoms with Gasteiger partial charge >= 0.3 is 0 Å². The van der Waals surface area contributed by atoms with Crippen LogP contribution in [0, 0.1) is 6.92 Å². The maximum absolute atomic E-state index is 13.8. The molecule has 0 spiro atoms. The second-order valence-electron chi connectivity index (χ2n) is 8.90. The lowest BCUT2D eigenvalue weighted by atomic mass is 9.80. The second-order valence-corrected chi connectivity index (χ2v) is 8.90. The van der Waals surface area contributed by atoms with Crippen LogP contribution in [0.15, 0.2) is 36.4 Å². The summed E-state index contributed by atoms with van der Waals surface area (Å²) in [6, 6.07) is 11.7. The lowest BCUT2D eigenvalue weighted by molar-refractivity contribution is -0.139. The summed E-state index contributed by atoms with van der Waals surface area (Å²) >= 11 is 0. The number of nitrogens with zero attached hydrogens (tertiary/aromatic N) is 4. The molecule has 2 amide bonds. The van der Waals surface area contributed by atoms with E-state index in [9.17, 15) is 9.59 Å². The van der Waals surface area contributed by atoms with Gasteiger partial charge in [0.15, 0.2) is 5.65 Å². The van der Waals surface area contributed by atoms with Crippen molar-refractivity contribution in [2.45, 2.75) is 58.4 Å². The van der Waals surface area contributed by atoms with Gasteiger partial charge in [-0.3, -0.25) is 14.3 Å². The van der Waals surface area contributed by atoms with Crippen LogP contribution in [0.2, 0.25) is 0 Å². The molecule has 0 bridgehead atoms. The van der Waals surface area contributed by atoms with Crippen LogP contribution >= 0.6 is 0 Å². The maximum atomic E-state index is 13.8. The molecule has 7 heteroatoms. The van der Waals surface area contributed by atoms with Gasteiger partial charge in [0.05, 0.1) is 22.3 Å². The summed E-state index contributed by atoms with van der Waals surface area (Å²) < 4.78 is 1.71. The Morgan fingerprint density at radius 2 is 1.76 bits per heavy atom. The lowest BCUT2D eigenvalue weighted by Gasteiger charge is -2.40. The van der Waals surface area contributed by atoms with Crippen LogP contribution in [-0.2, 0) is 11.8 Å². The van der Waals surface area contributed by atoms with Crippen molar-refractivity contribution in [3.05, 3.63) is 47.7 Å². The predicted molar refractivity (Wildman–Crippen MR) is 130 cm³/mol. The van der Waals surface area contributed by atoms with E-state index in [-0.39, 0.29) is 11.8 Å². The summed E-state index contributed by atoms with van der Waals surface area (Å²) in [6.07, 6.45) is 4.28. The molecule has 0 unspecified atom stereocenters. The first-order valence-electron chi connectivity index (χ1n) is 11.9. The molecule has 0 radical (unpaired) electrons. The minimum Gasteiger partial charge on any atom is -0.341 e. The fourth-order valence-electron chi connectivity index (χ4n) is 5.03. The smallest absolute Gasteiger partial charge is 0.253 e. The van der Waals surface area contributed by atoms with E-state index < -0.39 is 5.54 Å². The first kappa shape index (κ1) is 23.0. The Morgan fingerprint density at radius 3 is 2.39 bits per heavy atom. The third-order valence-electron chi connectivity index (χ3n) is 6.80. The topological polar surface area (TPSA) is 80.1 Å². The van der Waals surface area contributed by atoms with Gasteiger partial charge in [0.2, 0.25) is 5.91 Å². The molecule has 3 aromatic rings. The number of pyridine rings is 1. The number of carbonyl (C=O) groups is 2. The summed E-state index contributed by atoms with van der Waals surface area (Å²) in [5.41, 5.74) is 2.70. The fraction of sp³-hybridized carbons (Fsp3) is 0.462. The Hall–Kier alpha value is -3.22. The van der Waals surface area contributed by atoms with Crippen LogP contribution in [0.4, 0.5) is 0 Å². The number of nitrogens with one attached hydrogen (secondary N) is 1. The first-order valence-corrected chi connectivity index (χ1v) is 11.9. The van der Waals surface area contributed by atoms with Crippen molar-refractivity contribution < 1.29 is 9.59 Å². The van der Waals surface area contributed by atoms with Gasteiger partial charge in [-0.05, 0) is 39.7 Å². The van der Waals surface area contributed by atoms with E-state index in [4.69, 9.17) is 4.98 Å². The van der Waals surface area contributed by atoms with Crippen LogP contribution in [0.1, 0.15) is 62.0 Å². The molecule has 33 heavy (non-hydrogen) atoms. The normalized spacial score (nSPS) is 15.4. The van der Waals surface area contributed by atoms with Crippen molar-refractivity contribution in [1.82, 2.24) is 25.0 Å².